The third kappa shape index (κ3) is 8.76. The molecule has 1 unspecified atom stereocenters. The van der Waals surface area contributed by atoms with Gasteiger partial charge in [-0.15, -0.1) is 0 Å². The second kappa shape index (κ2) is 14.2. The van der Waals surface area contributed by atoms with Crippen molar-refractivity contribution < 1.29 is 9.53 Å². The summed E-state index contributed by atoms with van der Waals surface area (Å²) in [5.74, 6) is 3.17. The van der Waals surface area contributed by atoms with E-state index in [2.05, 4.69) is 32.9 Å². The zero-order valence-electron chi connectivity index (χ0n) is 21.8. The van der Waals surface area contributed by atoms with Gasteiger partial charge in [0, 0.05) is 0 Å². The largest absolute Gasteiger partial charge is 0.459 e. The maximum atomic E-state index is 12.7. The number of rotatable bonds is 12. The van der Waals surface area contributed by atoms with Crippen LogP contribution in [0.25, 0.3) is 0 Å². The van der Waals surface area contributed by atoms with Crippen molar-refractivity contribution in [1.29, 1.82) is 0 Å². The van der Waals surface area contributed by atoms with Crippen molar-refractivity contribution in [1.82, 2.24) is 0 Å². The van der Waals surface area contributed by atoms with E-state index in [4.69, 9.17) is 4.74 Å². The lowest BCUT2D eigenvalue weighted by Gasteiger charge is -2.30. The summed E-state index contributed by atoms with van der Waals surface area (Å²) in [7, 11) is 0. The van der Waals surface area contributed by atoms with Gasteiger partial charge in [-0.3, -0.25) is 0 Å². The number of hydrogen-bond acceptors (Lipinski definition) is 2. The molecule has 2 heteroatoms. The third-order valence-corrected chi connectivity index (χ3v) is 8.68. The number of unbranched alkanes of at least 4 members (excludes halogenated alkanes) is 4. The maximum absolute atomic E-state index is 12.7. The van der Waals surface area contributed by atoms with Crippen LogP contribution in [0, 0.1) is 17.8 Å². The highest BCUT2D eigenvalue weighted by molar-refractivity contribution is 5.89. The van der Waals surface area contributed by atoms with Crippen LogP contribution in [0.5, 0.6) is 0 Å². The van der Waals surface area contributed by atoms with E-state index in [0.717, 1.165) is 36.2 Å². The molecule has 0 saturated heterocycles. The summed E-state index contributed by atoms with van der Waals surface area (Å²) >= 11 is 0. The van der Waals surface area contributed by atoms with Gasteiger partial charge in [0.2, 0.25) is 0 Å². The van der Waals surface area contributed by atoms with E-state index in [1.54, 1.807) is 0 Å². The number of hydrogen-bond donors (Lipinski definition) is 0. The highest BCUT2D eigenvalue weighted by Crippen LogP contribution is 2.38. The Kier molecular flexibility index (Phi) is 11.3. The molecule has 1 aromatic carbocycles. The quantitative estimate of drug-likeness (QED) is 0.232. The van der Waals surface area contributed by atoms with Gasteiger partial charge in [0.1, 0.15) is 6.10 Å². The molecule has 0 aliphatic heterocycles. The van der Waals surface area contributed by atoms with E-state index in [1.165, 1.54) is 95.5 Å². The van der Waals surface area contributed by atoms with Crippen LogP contribution in [0.4, 0.5) is 0 Å². The lowest BCUT2D eigenvalue weighted by Crippen LogP contribution is -2.24. The van der Waals surface area contributed by atoms with E-state index in [1.807, 2.05) is 12.1 Å². The number of benzene rings is 1. The minimum absolute atomic E-state index is 0.120. The van der Waals surface area contributed by atoms with Crippen LogP contribution < -0.4 is 0 Å². The van der Waals surface area contributed by atoms with Crippen LogP contribution >= 0.6 is 0 Å². The van der Waals surface area contributed by atoms with Crippen molar-refractivity contribution in [3.8, 4) is 0 Å². The third-order valence-electron chi connectivity index (χ3n) is 8.68. The van der Waals surface area contributed by atoms with Gasteiger partial charge in [-0.25, -0.2) is 4.79 Å². The molecule has 1 aromatic rings. The Morgan fingerprint density at radius 1 is 0.848 bits per heavy atom. The predicted molar refractivity (Wildman–Crippen MR) is 140 cm³/mol. The summed E-state index contributed by atoms with van der Waals surface area (Å²) in [5.41, 5.74) is 2.13. The molecule has 186 valence electrons. The van der Waals surface area contributed by atoms with E-state index >= 15 is 0 Å². The molecular formula is C31H50O2. The molecule has 2 nitrogen and oxygen atoms in total. The summed E-state index contributed by atoms with van der Waals surface area (Å²) in [4.78, 5) is 12.7. The summed E-state index contributed by atoms with van der Waals surface area (Å²) in [5, 5.41) is 0. The Labute approximate surface area is 204 Å². The molecule has 0 amide bonds. The SMILES string of the molecule is CCCCCCCC1CCC(OC(=O)c2ccc(C3CCC(CC(C)CC)CC3)cc2)CC1. The van der Waals surface area contributed by atoms with E-state index in [0.29, 0.717) is 5.92 Å². The molecule has 0 spiro atoms. The molecule has 2 saturated carbocycles. The number of carbonyl (C=O) groups is 1. The van der Waals surface area contributed by atoms with Crippen molar-refractivity contribution in [2.75, 3.05) is 0 Å². The van der Waals surface area contributed by atoms with Crippen LogP contribution in [-0.4, -0.2) is 12.1 Å². The summed E-state index contributed by atoms with van der Waals surface area (Å²) in [6.07, 6.45) is 20.9. The molecule has 0 radical (unpaired) electrons. The van der Waals surface area contributed by atoms with Crippen LogP contribution in [0.1, 0.15) is 145 Å². The molecule has 0 heterocycles. The first-order chi connectivity index (χ1) is 16.1. The van der Waals surface area contributed by atoms with Gasteiger partial charge in [0.05, 0.1) is 5.56 Å². The highest BCUT2D eigenvalue weighted by atomic mass is 16.5. The fraction of sp³-hybridized carbons (Fsp3) is 0.774. The lowest BCUT2D eigenvalue weighted by atomic mass is 9.75. The Balaban J connectivity index is 1.36. The Morgan fingerprint density at radius 3 is 2.12 bits per heavy atom. The fourth-order valence-corrected chi connectivity index (χ4v) is 6.15. The van der Waals surface area contributed by atoms with Crippen LogP contribution in [-0.2, 0) is 4.74 Å². The van der Waals surface area contributed by atoms with Gasteiger partial charge in [0.15, 0.2) is 0 Å². The molecule has 2 aliphatic rings. The number of esters is 1. The van der Waals surface area contributed by atoms with Crippen LogP contribution in [0.15, 0.2) is 24.3 Å². The van der Waals surface area contributed by atoms with Crippen molar-refractivity contribution in [2.45, 2.75) is 136 Å². The summed E-state index contributed by atoms with van der Waals surface area (Å²) < 4.78 is 5.89. The smallest absolute Gasteiger partial charge is 0.338 e. The van der Waals surface area contributed by atoms with Crippen molar-refractivity contribution in [3.05, 3.63) is 35.4 Å². The molecule has 0 aromatic heterocycles. The minimum atomic E-state index is -0.123. The topological polar surface area (TPSA) is 26.3 Å². The number of carbonyl (C=O) groups excluding carboxylic acids is 1. The molecule has 3 rings (SSSR count). The van der Waals surface area contributed by atoms with Crippen LogP contribution in [0.3, 0.4) is 0 Å². The molecule has 33 heavy (non-hydrogen) atoms. The minimum Gasteiger partial charge on any atom is -0.459 e. The Morgan fingerprint density at radius 2 is 1.48 bits per heavy atom. The first kappa shape index (κ1) is 26.3. The maximum Gasteiger partial charge on any atom is 0.338 e. The average molecular weight is 455 g/mol. The standard InChI is InChI=1S/C31H50O2/c1-4-6-7-8-9-10-25-13-21-30(22-14-25)33-31(32)29-19-17-28(18-20-29)27-15-11-26(12-16-27)23-24(3)5-2/h17-20,24-27,30H,4-16,21-23H2,1-3H3. The highest BCUT2D eigenvalue weighted by Gasteiger charge is 2.25. The normalized spacial score (nSPS) is 26.6. The van der Waals surface area contributed by atoms with Gasteiger partial charge in [-0.05, 0) is 99.2 Å². The van der Waals surface area contributed by atoms with Gasteiger partial charge in [0.25, 0.3) is 0 Å². The monoisotopic (exact) mass is 454 g/mol. The summed E-state index contributed by atoms with van der Waals surface area (Å²) in [6.45, 7) is 6.98. The second-order valence-electron chi connectivity index (χ2n) is 11.3. The van der Waals surface area contributed by atoms with Crippen molar-refractivity contribution in [2.24, 2.45) is 17.8 Å². The Hall–Kier alpha value is -1.31. The zero-order chi connectivity index (χ0) is 23.5. The Bertz CT molecular complexity index is 663. The van der Waals surface area contributed by atoms with Gasteiger partial charge < -0.3 is 4.74 Å². The van der Waals surface area contributed by atoms with E-state index < -0.39 is 0 Å². The van der Waals surface area contributed by atoms with E-state index in [-0.39, 0.29) is 12.1 Å². The van der Waals surface area contributed by atoms with Crippen molar-refractivity contribution >= 4 is 5.97 Å². The molecule has 0 bridgehead atoms. The first-order valence-corrected chi connectivity index (χ1v) is 14.4. The second-order valence-corrected chi connectivity index (χ2v) is 11.3. The fourth-order valence-electron chi connectivity index (χ4n) is 6.15. The van der Waals surface area contributed by atoms with Gasteiger partial charge in [-0.1, -0.05) is 77.8 Å². The predicted octanol–water partition coefficient (Wildman–Crippen LogP) is 9.47. The van der Waals surface area contributed by atoms with Gasteiger partial charge in [-0.2, -0.15) is 0 Å². The average Bonchev–Trinajstić information content (AvgIpc) is 2.85. The molecule has 2 aliphatic carbocycles. The van der Waals surface area contributed by atoms with Gasteiger partial charge >= 0.3 is 5.97 Å². The van der Waals surface area contributed by atoms with E-state index in [9.17, 15) is 4.79 Å². The zero-order valence-corrected chi connectivity index (χ0v) is 21.8. The lowest BCUT2D eigenvalue weighted by molar-refractivity contribution is 0.0161. The molecular weight excluding hydrogens is 404 g/mol. The molecule has 1 atom stereocenters. The molecule has 0 N–H and O–H groups in total. The first-order valence-electron chi connectivity index (χ1n) is 14.4. The number of ether oxygens (including phenoxy) is 1. The van der Waals surface area contributed by atoms with Crippen molar-refractivity contribution in [3.63, 3.8) is 0 Å². The van der Waals surface area contributed by atoms with Crippen LogP contribution in [0.2, 0.25) is 0 Å². The molecule has 2 fully saturated rings. The summed E-state index contributed by atoms with van der Waals surface area (Å²) in [6, 6.07) is 8.38.